The van der Waals surface area contributed by atoms with E-state index >= 15 is 0 Å². The van der Waals surface area contributed by atoms with E-state index in [9.17, 15) is 10.1 Å². The molecule has 5 nitrogen and oxygen atoms in total. The van der Waals surface area contributed by atoms with Gasteiger partial charge in [-0.05, 0) is 43.6 Å². The Balaban J connectivity index is 1.82. The lowest BCUT2D eigenvalue weighted by molar-refractivity contribution is 0.0576. The molecule has 2 heterocycles. The molecule has 2 N–H and O–H groups in total. The molecule has 1 aromatic carbocycles. The van der Waals surface area contributed by atoms with Gasteiger partial charge < -0.3 is 10.6 Å². The van der Waals surface area contributed by atoms with E-state index in [-0.39, 0.29) is 5.91 Å². The number of nitrogens with zero attached hydrogens (tertiary/aromatic N) is 3. The van der Waals surface area contributed by atoms with E-state index in [4.69, 9.17) is 5.73 Å². The van der Waals surface area contributed by atoms with Crippen molar-refractivity contribution in [1.29, 1.82) is 5.26 Å². The first-order chi connectivity index (χ1) is 12.2. The molecule has 1 aromatic heterocycles. The number of thiophene rings is 1. The summed E-state index contributed by atoms with van der Waals surface area (Å²) in [5, 5.41) is 11.1. The van der Waals surface area contributed by atoms with Gasteiger partial charge >= 0.3 is 0 Å². The van der Waals surface area contributed by atoms with Crippen LogP contribution < -0.4 is 5.73 Å². The van der Waals surface area contributed by atoms with Crippen molar-refractivity contribution in [3.05, 3.63) is 51.7 Å². The van der Waals surface area contributed by atoms with Gasteiger partial charge in [0.2, 0.25) is 0 Å². The van der Waals surface area contributed by atoms with Crippen molar-refractivity contribution >= 4 is 22.9 Å². The maximum atomic E-state index is 13.0. The maximum Gasteiger partial charge on any atom is 0.265 e. The number of rotatable bonds is 5. The van der Waals surface area contributed by atoms with Crippen LogP contribution in [-0.2, 0) is 6.54 Å². The summed E-state index contributed by atoms with van der Waals surface area (Å²) in [6.45, 7) is 3.03. The second-order valence-corrected chi connectivity index (χ2v) is 7.25. The number of piperidine rings is 1. The highest BCUT2D eigenvalue weighted by Crippen LogP contribution is 2.21. The molecule has 1 aliphatic rings. The Morgan fingerprint density at radius 2 is 2.04 bits per heavy atom. The van der Waals surface area contributed by atoms with Crippen LogP contribution >= 0.6 is 11.3 Å². The van der Waals surface area contributed by atoms with Crippen LogP contribution in [0.15, 0.2) is 35.7 Å². The topological polar surface area (TPSA) is 73.4 Å². The van der Waals surface area contributed by atoms with E-state index in [1.54, 1.807) is 17.5 Å². The van der Waals surface area contributed by atoms with Crippen molar-refractivity contribution in [2.75, 3.05) is 25.5 Å². The quantitative estimate of drug-likeness (QED) is 0.894. The number of carbonyl (C=O) groups is 1. The van der Waals surface area contributed by atoms with Crippen LogP contribution in [0, 0.1) is 11.3 Å². The SMILES string of the molecule is N#Cc1ccccc1CN(CN1CCCCC1)C(=O)c1cc(N)cs1. The predicted molar refractivity (Wildman–Crippen MR) is 100 cm³/mol. The summed E-state index contributed by atoms with van der Waals surface area (Å²) in [5.74, 6) is -0.0278. The molecule has 130 valence electrons. The molecule has 25 heavy (non-hydrogen) atoms. The fraction of sp³-hybridized carbons (Fsp3) is 0.368. The number of likely N-dealkylation sites (tertiary alicyclic amines) is 1. The van der Waals surface area contributed by atoms with E-state index in [0.29, 0.717) is 29.3 Å². The summed E-state index contributed by atoms with van der Waals surface area (Å²) in [5.41, 5.74) is 7.89. The Kier molecular flexibility index (Phi) is 5.69. The first-order valence-corrected chi connectivity index (χ1v) is 9.39. The Bertz CT molecular complexity index is 774. The van der Waals surface area contributed by atoms with Crippen molar-refractivity contribution in [2.24, 2.45) is 0 Å². The number of amides is 1. The fourth-order valence-electron chi connectivity index (χ4n) is 3.12. The minimum absolute atomic E-state index is 0.0278. The summed E-state index contributed by atoms with van der Waals surface area (Å²) < 4.78 is 0. The van der Waals surface area contributed by atoms with Gasteiger partial charge in [0.15, 0.2) is 0 Å². The summed E-state index contributed by atoms with van der Waals surface area (Å²) in [6.07, 6.45) is 3.59. The van der Waals surface area contributed by atoms with Crippen LogP contribution in [0.25, 0.3) is 0 Å². The number of nitrogens with two attached hydrogens (primary N) is 1. The molecule has 0 aliphatic carbocycles. The molecule has 0 spiro atoms. The lowest BCUT2D eigenvalue weighted by atomic mass is 10.1. The van der Waals surface area contributed by atoms with Crippen molar-refractivity contribution in [2.45, 2.75) is 25.8 Å². The number of hydrogen-bond acceptors (Lipinski definition) is 5. The van der Waals surface area contributed by atoms with Crippen molar-refractivity contribution in [3.63, 3.8) is 0 Å². The molecule has 6 heteroatoms. The Morgan fingerprint density at radius 3 is 2.72 bits per heavy atom. The molecule has 1 aliphatic heterocycles. The van der Waals surface area contributed by atoms with Gasteiger partial charge in [0.25, 0.3) is 5.91 Å². The molecule has 0 bridgehead atoms. The van der Waals surface area contributed by atoms with E-state index < -0.39 is 0 Å². The third kappa shape index (κ3) is 4.38. The zero-order valence-electron chi connectivity index (χ0n) is 14.1. The van der Waals surface area contributed by atoms with Gasteiger partial charge in [-0.25, -0.2) is 0 Å². The molecule has 0 atom stereocenters. The highest BCUT2D eigenvalue weighted by molar-refractivity contribution is 7.12. The zero-order chi connectivity index (χ0) is 17.6. The number of carbonyl (C=O) groups excluding carboxylic acids is 1. The number of nitrogen functional groups attached to an aromatic ring is 1. The average molecular weight is 354 g/mol. The Hall–Kier alpha value is -2.36. The minimum atomic E-state index is -0.0278. The summed E-state index contributed by atoms with van der Waals surface area (Å²) in [4.78, 5) is 17.8. The third-order valence-corrected chi connectivity index (χ3v) is 5.37. The highest BCUT2D eigenvalue weighted by Gasteiger charge is 2.22. The van der Waals surface area contributed by atoms with Gasteiger partial charge in [-0.3, -0.25) is 9.69 Å². The standard InChI is InChI=1S/C19H22N4OS/c20-11-15-6-2-3-7-16(15)12-23(14-22-8-4-1-5-9-22)19(24)18-10-17(21)13-25-18/h2-3,6-7,10,13H,1,4-5,8-9,12,14,21H2. The van der Waals surface area contributed by atoms with Crippen molar-refractivity contribution < 1.29 is 4.79 Å². The highest BCUT2D eigenvalue weighted by atomic mass is 32.1. The molecule has 1 saturated heterocycles. The van der Waals surface area contributed by atoms with Crippen molar-refractivity contribution in [1.82, 2.24) is 9.80 Å². The van der Waals surface area contributed by atoms with Gasteiger partial charge in [0.1, 0.15) is 0 Å². The van der Waals surface area contributed by atoms with Gasteiger partial charge in [-0.1, -0.05) is 24.6 Å². The molecule has 0 radical (unpaired) electrons. The zero-order valence-corrected chi connectivity index (χ0v) is 15.0. The third-order valence-electron chi connectivity index (χ3n) is 4.44. The molecule has 0 saturated carbocycles. The normalized spacial score (nSPS) is 14.8. The van der Waals surface area contributed by atoms with E-state index in [2.05, 4.69) is 11.0 Å². The van der Waals surface area contributed by atoms with E-state index in [0.717, 1.165) is 18.7 Å². The predicted octanol–water partition coefficient (Wildman–Crippen LogP) is 3.29. The first kappa shape index (κ1) is 17.5. The number of nitriles is 1. The second-order valence-electron chi connectivity index (χ2n) is 6.34. The van der Waals surface area contributed by atoms with Gasteiger partial charge in [0.05, 0.1) is 23.2 Å². The summed E-state index contributed by atoms with van der Waals surface area (Å²) in [7, 11) is 0. The van der Waals surface area contributed by atoms with Gasteiger partial charge in [0, 0.05) is 17.6 Å². The number of hydrogen-bond donors (Lipinski definition) is 1. The fourth-order valence-corrected chi connectivity index (χ4v) is 3.89. The molecule has 1 amide bonds. The lowest BCUT2D eigenvalue weighted by Crippen LogP contribution is -2.43. The van der Waals surface area contributed by atoms with Crippen LogP contribution in [0.5, 0.6) is 0 Å². The monoisotopic (exact) mass is 354 g/mol. The minimum Gasteiger partial charge on any atom is -0.398 e. The van der Waals surface area contributed by atoms with Crippen molar-refractivity contribution in [3.8, 4) is 6.07 Å². The molecule has 1 fully saturated rings. The summed E-state index contributed by atoms with van der Waals surface area (Å²) in [6, 6.07) is 11.4. The number of benzene rings is 1. The molecule has 0 unspecified atom stereocenters. The van der Waals surface area contributed by atoms with Gasteiger partial charge in [-0.2, -0.15) is 5.26 Å². The van der Waals surface area contributed by atoms with Crippen LogP contribution in [-0.4, -0.2) is 35.5 Å². The Morgan fingerprint density at radius 1 is 1.28 bits per heavy atom. The van der Waals surface area contributed by atoms with E-state index in [1.807, 2.05) is 23.1 Å². The molecular weight excluding hydrogens is 332 g/mol. The smallest absolute Gasteiger partial charge is 0.265 e. The molecular formula is C19H22N4OS. The van der Waals surface area contributed by atoms with Crippen LogP contribution in [0.4, 0.5) is 5.69 Å². The molecule has 3 rings (SSSR count). The van der Waals surface area contributed by atoms with Crippen LogP contribution in [0.3, 0.4) is 0 Å². The largest absolute Gasteiger partial charge is 0.398 e. The molecule has 2 aromatic rings. The van der Waals surface area contributed by atoms with E-state index in [1.165, 1.54) is 30.6 Å². The summed E-state index contributed by atoms with van der Waals surface area (Å²) >= 11 is 1.37. The second kappa shape index (κ2) is 8.15. The lowest BCUT2D eigenvalue weighted by Gasteiger charge is -2.33. The Labute approximate surface area is 152 Å². The first-order valence-electron chi connectivity index (χ1n) is 8.51. The van der Waals surface area contributed by atoms with Crippen LogP contribution in [0.2, 0.25) is 0 Å². The number of anilines is 1. The van der Waals surface area contributed by atoms with Crippen LogP contribution in [0.1, 0.15) is 40.1 Å². The maximum absolute atomic E-state index is 13.0. The average Bonchev–Trinajstić information content (AvgIpc) is 3.08. The van der Waals surface area contributed by atoms with Gasteiger partial charge in [-0.15, -0.1) is 11.3 Å².